The number of benzene rings is 1. The number of carbonyl (C=O) groups excluding carboxylic acids is 1. The maximum absolute atomic E-state index is 13.4. The highest BCUT2D eigenvalue weighted by Gasteiger charge is 2.51. The lowest BCUT2D eigenvalue weighted by Gasteiger charge is -2.56. The number of hydrogen-bond donors (Lipinski definition) is 1. The Balaban J connectivity index is 1.49. The number of ether oxygens (including phenoxy) is 1. The fourth-order valence-corrected chi connectivity index (χ4v) is 6.95. The van der Waals surface area contributed by atoms with E-state index < -0.39 is 0 Å². The van der Waals surface area contributed by atoms with E-state index >= 15 is 0 Å². The van der Waals surface area contributed by atoms with Crippen LogP contribution in [-0.4, -0.2) is 23.1 Å². The predicted octanol–water partition coefficient (Wildman–Crippen LogP) is 4.90. The number of aromatic nitrogens is 1. The van der Waals surface area contributed by atoms with Gasteiger partial charge >= 0.3 is 0 Å². The van der Waals surface area contributed by atoms with Crippen LogP contribution in [0, 0.1) is 17.8 Å². The first kappa shape index (κ1) is 20.6. The Morgan fingerprint density at radius 3 is 2.42 bits per heavy atom. The van der Waals surface area contributed by atoms with Crippen molar-refractivity contribution in [3.8, 4) is 5.75 Å². The molecule has 5 heteroatoms. The Bertz CT molecular complexity index is 1020. The summed E-state index contributed by atoms with van der Waals surface area (Å²) in [5.41, 5.74) is 0.850. The van der Waals surface area contributed by atoms with E-state index in [1.54, 1.807) is 25.4 Å². The fourth-order valence-electron chi connectivity index (χ4n) is 6.95. The van der Waals surface area contributed by atoms with Crippen molar-refractivity contribution in [3.63, 3.8) is 0 Å². The number of nitrogens with zero attached hydrogens (tertiary/aromatic N) is 1. The molecule has 0 radical (unpaired) electrons. The number of unbranched alkanes of at least 4 members (excludes halogenated alkanes) is 2. The molecular formula is C26H34N2O3. The Morgan fingerprint density at radius 1 is 1.13 bits per heavy atom. The monoisotopic (exact) mass is 422 g/mol. The summed E-state index contributed by atoms with van der Waals surface area (Å²) in [6.07, 6.45) is 12.3. The number of pyridine rings is 1. The van der Waals surface area contributed by atoms with Gasteiger partial charge in [0.15, 0.2) is 0 Å². The van der Waals surface area contributed by atoms with Gasteiger partial charge in [0.25, 0.3) is 5.91 Å². The molecule has 4 aliphatic rings. The highest BCUT2D eigenvalue weighted by atomic mass is 16.5. The number of aryl methyl sites for hydroxylation is 1. The largest absolute Gasteiger partial charge is 0.497 e. The summed E-state index contributed by atoms with van der Waals surface area (Å²) >= 11 is 0. The van der Waals surface area contributed by atoms with Crippen LogP contribution in [0.3, 0.4) is 0 Å². The first-order chi connectivity index (χ1) is 15.0. The molecule has 0 aliphatic heterocycles. The van der Waals surface area contributed by atoms with Gasteiger partial charge in [-0.25, -0.2) is 0 Å². The molecule has 4 bridgehead atoms. The van der Waals surface area contributed by atoms with Crippen LogP contribution in [0.1, 0.15) is 75.1 Å². The maximum Gasteiger partial charge on any atom is 0.257 e. The lowest BCUT2D eigenvalue weighted by Crippen LogP contribution is -2.60. The number of hydrogen-bond acceptors (Lipinski definition) is 3. The van der Waals surface area contributed by atoms with Gasteiger partial charge in [0, 0.05) is 29.7 Å². The molecule has 4 fully saturated rings. The summed E-state index contributed by atoms with van der Waals surface area (Å²) in [4.78, 5) is 26.8. The fraction of sp³-hybridized carbons (Fsp3) is 0.615. The molecule has 166 valence electrons. The van der Waals surface area contributed by atoms with Crippen LogP contribution in [0.4, 0.5) is 0 Å². The van der Waals surface area contributed by atoms with E-state index in [9.17, 15) is 9.59 Å². The van der Waals surface area contributed by atoms with Crippen LogP contribution >= 0.6 is 0 Å². The van der Waals surface area contributed by atoms with Crippen LogP contribution in [0.5, 0.6) is 5.75 Å². The highest BCUT2D eigenvalue weighted by Crippen LogP contribution is 2.55. The molecule has 5 nitrogen and oxygen atoms in total. The predicted molar refractivity (Wildman–Crippen MR) is 123 cm³/mol. The minimum Gasteiger partial charge on any atom is -0.497 e. The van der Waals surface area contributed by atoms with Crippen molar-refractivity contribution in [1.82, 2.24) is 9.88 Å². The second-order valence-corrected chi connectivity index (χ2v) is 10.3. The summed E-state index contributed by atoms with van der Waals surface area (Å²) in [6.45, 7) is 2.96. The number of methoxy groups -OCH3 is 1. The molecule has 1 heterocycles. The Kier molecular flexibility index (Phi) is 5.31. The average Bonchev–Trinajstić information content (AvgIpc) is 2.73. The molecule has 2 aromatic rings. The zero-order chi connectivity index (χ0) is 21.6. The van der Waals surface area contributed by atoms with Crippen molar-refractivity contribution in [2.45, 2.75) is 76.8 Å². The molecule has 1 N–H and O–H groups in total. The lowest BCUT2D eigenvalue weighted by molar-refractivity contribution is -0.0167. The van der Waals surface area contributed by atoms with Gasteiger partial charge in [-0.3, -0.25) is 9.59 Å². The molecule has 4 saturated carbocycles. The van der Waals surface area contributed by atoms with Crippen LogP contribution in [0.15, 0.2) is 29.2 Å². The first-order valence-corrected chi connectivity index (χ1v) is 12.0. The van der Waals surface area contributed by atoms with Crippen molar-refractivity contribution < 1.29 is 9.53 Å². The summed E-state index contributed by atoms with van der Waals surface area (Å²) in [7, 11) is 1.63. The smallest absolute Gasteiger partial charge is 0.257 e. The first-order valence-electron chi connectivity index (χ1n) is 12.0. The number of carbonyl (C=O) groups is 1. The van der Waals surface area contributed by atoms with Gasteiger partial charge in [-0.15, -0.1) is 0 Å². The van der Waals surface area contributed by atoms with Crippen LogP contribution in [0.2, 0.25) is 0 Å². The number of rotatable bonds is 7. The quantitative estimate of drug-likeness (QED) is 0.646. The average molecular weight is 423 g/mol. The standard InChI is InChI=1S/C26H34N2O3/c1-3-4-5-8-28-16-22(24(29)21-7-6-20(31-2)12-23(21)28)25(30)27-26-13-17-9-18(14-26)11-19(10-17)15-26/h6-7,12,16-19H,3-5,8-11,13-15H2,1-2H3,(H,27,30). The zero-order valence-corrected chi connectivity index (χ0v) is 18.8. The SMILES string of the molecule is CCCCCn1cc(C(=O)NC23CC4CC(CC(C4)C2)C3)c(=O)c2ccc(OC)cc21. The van der Waals surface area contributed by atoms with Crippen molar-refractivity contribution in [2.75, 3.05) is 7.11 Å². The van der Waals surface area contributed by atoms with E-state index in [1.807, 2.05) is 6.07 Å². The second kappa shape index (κ2) is 7.99. The van der Waals surface area contributed by atoms with Crippen molar-refractivity contribution in [1.29, 1.82) is 0 Å². The van der Waals surface area contributed by atoms with Crippen LogP contribution in [-0.2, 0) is 6.54 Å². The molecule has 1 amide bonds. The summed E-state index contributed by atoms with van der Waals surface area (Å²) in [5.74, 6) is 2.79. The topological polar surface area (TPSA) is 60.3 Å². The third-order valence-corrected chi connectivity index (χ3v) is 7.95. The van der Waals surface area contributed by atoms with Crippen LogP contribution < -0.4 is 15.5 Å². The molecule has 0 saturated heterocycles. The molecule has 31 heavy (non-hydrogen) atoms. The second-order valence-electron chi connectivity index (χ2n) is 10.3. The minimum absolute atomic E-state index is 0.0970. The third kappa shape index (κ3) is 3.77. The van der Waals surface area contributed by atoms with Gasteiger partial charge in [0.1, 0.15) is 11.3 Å². The summed E-state index contributed by atoms with van der Waals surface area (Å²) in [6, 6.07) is 5.51. The number of nitrogens with one attached hydrogen (secondary N) is 1. The van der Waals surface area contributed by atoms with Gasteiger partial charge in [0.2, 0.25) is 5.43 Å². The molecule has 4 aliphatic carbocycles. The molecule has 1 aromatic carbocycles. The van der Waals surface area contributed by atoms with Gasteiger partial charge in [0.05, 0.1) is 12.6 Å². The Hall–Kier alpha value is -2.30. The van der Waals surface area contributed by atoms with Crippen molar-refractivity contribution in [2.24, 2.45) is 17.8 Å². The van der Waals surface area contributed by atoms with E-state index in [0.29, 0.717) is 5.39 Å². The summed E-state index contributed by atoms with van der Waals surface area (Å²) in [5, 5.41) is 3.98. The normalized spacial score (nSPS) is 28.8. The Labute approximate surface area is 184 Å². The molecule has 0 atom stereocenters. The molecule has 0 unspecified atom stereocenters. The maximum atomic E-state index is 13.4. The van der Waals surface area contributed by atoms with E-state index in [2.05, 4.69) is 16.8 Å². The lowest BCUT2D eigenvalue weighted by atomic mass is 9.53. The van der Waals surface area contributed by atoms with E-state index in [0.717, 1.165) is 74.1 Å². The van der Waals surface area contributed by atoms with Gasteiger partial charge in [-0.05, 0) is 74.8 Å². The van der Waals surface area contributed by atoms with Crippen molar-refractivity contribution >= 4 is 16.8 Å². The zero-order valence-electron chi connectivity index (χ0n) is 18.8. The summed E-state index contributed by atoms with van der Waals surface area (Å²) < 4.78 is 7.46. The minimum atomic E-state index is -0.186. The van der Waals surface area contributed by atoms with Gasteiger partial charge < -0.3 is 14.6 Å². The number of amides is 1. The Morgan fingerprint density at radius 2 is 1.81 bits per heavy atom. The molecule has 1 aromatic heterocycles. The molecule has 6 rings (SSSR count). The van der Waals surface area contributed by atoms with Gasteiger partial charge in [-0.2, -0.15) is 0 Å². The number of fused-ring (bicyclic) bond motifs is 1. The van der Waals surface area contributed by atoms with Gasteiger partial charge in [-0.1, -0.05) is 19.8 Å². The van der Waals surface area contributed by atoms with E-state index in [4.69, 9.17) is 4.74 Å². The van der Waals surface area contributed by atoms with Crippen LogP contribution in [0.25, 0.3) is 10.9 Å². The van der Waals surface area contributed by atoms with E-state index in [-0.39, 0.29) is 22.4 Å². The molecular weight excluding hydrogens is 388 g/mol. The van der Waals surface area contributed by atoms with E-state index in [1.165, 1.54) is 19.3 Å². The highest BCUT2D eigenvalue weighted by molar-refractivity contribution is 5.98. The van der Waals surface area contributed by atoms with Crippen molar-refractivity contribution in [3.05, 3.63) is 40.2 Å². The third-order valence-electron chi connectivity index (χ3n) is 7.95. The molecule has 0 spiro atoms.